The Morgan fingerprint density at radius 2 is 2.10 bits per heavy atom. The fraction of sp³-hybridized carbons (Fsp3) is 0.533. The second-order valence-electron chi connectivity index (χ2n) is 5.75. The van der Waals surface area contributed by atoms with Gasteiger partial charge in [0.25, 0.3) is 0 Å². The largest absolute Gasteiger partial charge is 0.387 e. The molecule has 0 radical (unpaired) electrons. The summed E-state index contributed by atoms with van der Waals surface area (Å²) in [6, 6.07) is 8.05. The van der Waals surface area contributed by atoms with Gasteiger partial charge in [-0.25, -0.2) is 4.79 Å². The van der Waals surface area contributed by atoms with Crippen molar-refractivity contribution in [3.8, 4) is 0 Å². The average Bonchev–Trinajstić information content (AvgIpc) is 2.88. The van der Waals surface area contributed by atoms with Crippen LogP contribution in [0.1, 0.15) is 17.2 Å². The third kappa shape index (κ3) is 3.02. The van der Waals surface area contributed by atoms with Crippen molar-refractivity contribution in [1.29, 1.82) is 0 Å². The predicted octanol–water partition coefficient (Wildman–Crippen LogP) is -0.112. The highest BCUT2D eigenvalue weighted by Crippen LogP contribution is 2.19. The van der Waals surface area contributed by atoms with Gasteiger partial charge in [0, 0.05) is 39.3 Å². The van der Waals surface area contributed by atoms with Crippen LogP contribution < -0.4 is 11.1 Å². The Balaban J connectivity index is 1.57. The number of aliphatic hydroxyl groups is 1. The molecule has 2 atom stereocenters. The molecule has 2 aliphatic heterocycles. The van der Waals surface area contributed by atoms with Crippen LogP contribution in [0.15, 0.2) is 24.3 Å². The minimum Gasteiger partial charge on any atom is -0.387 e. The molecule has 0 bridgehead atoms. The summed E-state index contributed by atoms with van der Waals surface area (Å²) in [5, 5.41) is 13.2. The molecule has 2 heterocycles. The predicted molar refractivity (Wildman–Crippen MR) is 79.6 cm³/mol. The molecule has 0 aliphatic carbocycles. The van der Waals surface area contributed by atoms with Crippen molar-refractivity contribution in [2.75, 3.05) is 32.7 Å². The minimum atomic E-state index is -0.506. The van der Waals surface area contributed by atoms with Crippen LogP contribution in [0, 0.1) is 0 Å². The number of rotatable bonds is 4. The summed E-state index contributed by atoms with van der Waals surface area (Å²) in [5.74, 6) is 0. The van der Waals surface area contributed by atoms with E-state index in [-0.39, 0.29) is 12.1 Å². The Kier molecular flexibility index (Phi) is 4.10. The Bertz CT molecular complexity index is 505. The summed E-state index contributed by atoms with van der Waals surface area (Å²) in [6.07, 6.45) is -0.506. The van der Waals surface area contributed by atoms with Crippen LogP contribution in [0.4, 0.5) is 4.79 Å². The molecular weight excluding hydrogens is 268 g/mol. The molecule has 1 aromatic carbocycles. The van der Waals surface area contributed by atoms with Crippen LogP contribution in [0.5, 0.6) is 0 Å². The number of piperazine rings is 1. The maximum atomic E-state index is 11.6. The molecule has 2 amide bonds. The molecule has 1 aromatic rings. The first-order valence-corrected chi connectivity index (χ1v) is 7.41. The van der Waals surface area contributed by atoms with E-state index in [2.05, 4.69) is 10.2 Å². The van der Waals surface area contributed by atoms with E-state index in [9.17, 15) is 9.90 Å². The van der Waals surface area contributed by atoms with E-state index >= 15 is 0 Å². The van der Waals surface area contributed by atoms with Crippen LogP contribution in [-0.2, 0) is 6.54 Å². The van der Waals surface area contributed by atoms with E-state index in [0.29, 0.717) is 19.6 Å². The molecule has 2 saturated heterocycles. The molecule has 2 aliphatic rings. The molecule has 2 fully saturated rings. The number of hydrogen-bond donors (Lipinski definition) is 3. The lowest BCUT2D eigenvalue weighted by atomic mass is 10.1. The molecule has 6 heteroatoms. The number of carbonyl (C=O) groups excluding carboxylic acids is 1. The van der Waals surface area contributed by atoms with Crippen LogP contribution in [0.2, 0.25) is 0 Å². The van der Waals surface area contributed by atoms with Crippen LogP contribution >= 0.6 is 0 Å². The standard InChI is InChI=1S/C15H22N4O2/c16-7-11-1-3-12(4-2-11)14(20)10-18-5-6-19-13(9-18)8-17-15(19)21/h1-4,13-14,20H,5-10,16H2,(H,17,21). The Hall–Kier alpha value is -1.63. The second kappa shape index (κ2) is 6.01. The lowest BCUT2D eigenvalue weighted by Crippen LogP contribution is -2.52. The van der Waals surface area contributed by atoms with Gasteiger partial charge in [-0.3, -0.25) is 4.90 Å². The Labute approximate surface area is 124 Å². The number of carbonyl (C=O) groups is 1. The number of hydrogen-bond acceptors (Lipinski definition) is 4. The summed E-state index contributed by atoms with van der Waals surface area (Å²) in [4.78, 5) is 15.7. The number of amides is 2. The molecular formula is C15H22N4O2. The van der Waals surface area contributed by atoms with E-state index in [1.54, 1.807) is 0 Å². The summed E-state index contributed by atoms with van der Waals surface area (Å²) >= 11 is 0. The Morgan fingerprint density at radius 1 is 1.33 bits per heavy atom. The highest BCUT2D eigenvalue weighted by atomic mass is 16.3. The van der Waals surface area contributed by atoms with Crippen molar-refractivity contribution in [3.63, 3.8) is 0 Å². The summed E-state index contributed by atoms with van der Waals surface area (Å²) in [7, 11) is 0. The van der Waals surface area contributed by atoms with Gasteiger partial charge in [-0.15, -0.1) is 0 Å². The molecule has 4 N–H and O–H groups in total. The van der Waals surface area contributed by atoms with E-state index in [4.69, 9.17) is 5.73 Å². The fourth-order valence-electron chi connectivity index (χ4n) is 3.06. The number of benzene rings is 1. The lowest BCUT2D eigenvalue weighted by Gasteiger charge is -2.37. The fourth-order valence-corrected chi connectivity index (χ4v) is 3.06. The molecule has 2 unspecified atom stereocenters. The first kappa shape index (κ1) is 14.3. The van der Waals surface area contributed by atoms with Gasteiger partial charge in [0.2, 0.25) is 0 Å². The molecule has 0 saturated carbocycles. The van der Waals surface area contributed by atoms with E-state index in [0.717, 1.165) is 30.8 Å². The molecule has 0 spiro atoms. The molecule has 0 aromatic heterocycles. The molecule has 3 rings (SSSR count). The van der Waals surface area contributed by atoms with Gasteiger partial charge < -0.3 is 21.1 Å². The van der Waals surface area contributed by atoms with Gasteiger partial charge >= 0.3 is 6.03 Å². The first-order chi connectivity index (χ1) is 10.2. The number of nitrogens with two attached hydrogens (primary N) is 1. The minimum absolute atomic E-state index is 0.0394. The van der Waals surface area contributed by atoms with Gasteiger partial charge in [0.05, 0.1) is 12.1 Å². The van der Waals surface area contributed by atoms with Crippen molar-refractivity contribution in [3.05, 3.63) is 35.4 Å². The number of nitrogens with one attached hydrogen (secondary N) is 1. The zero-order valence-electron chi connectivity index (χ0n) is 12.0. The number of aliphatic hydroxyl groups excluding tert-OH is 1. The lowest BCUT2D eigenvalue weighted by molar-refractivity contribution is 0.0680. The smallest absolute Gasteiger partial charge is 0.317 e. The third-order valence-electron chi connectivity index (χ3n) is 4.35. The maximum absolute atomic E-state index is 11.6. The van der Waals surface area contributed by atoms with E-state index in [1.165, 1.54) is 0 Å². The number of β-amino-alcohol motifs (C(OH)–C–C–N with tert-alkyl or cyclic N) is 1. The number of urea groups is 1. The zero-order chi connectivity index (χ0) is 14.8. The quantitative estimate of drug-likeness (QED) is 0.722. The highest BCUT2D eigenvalue weighted by molar-refractivity contribution is 5.77. The zero-order valence-corrected chi connectivity index (χ0v) is 12.0. The van der Waals surface area contributed by atoms with Crippen molar-refractivity contribution in [2.45, 2.75) is 18.7 Å². The second-order valence-corrected chi connectivity index (χ2v) is 5.75. The topological polar surface area (TPSA) is 81.8 Å². The van der Waals surface area contributed by atoms with Gasteiger partial charge in [-0.05, 0) is 11.1 Å². The molecule has 114 valence electrons. The van der Waals surface area contributed by atoms with E-state index in [1.807, 2.05) is 29.2 Å². The normalized spacial score (nSPS) is 23.8. The van der Waals surface area contributed by atoms with E-state index < -0.39 is 6.10 Å². The van der Waals surface area contributed by atoms with Crippen molar-refractivity contribution >= 4 is 6.03 Å². The SMILES string of the molecule is NCc1ccc(C(O)CN2CCN3C(=O)NCC3C2)cc1. The summed E-state index contributed by atoms with van der Waals surface area (Å²) < 4.78 is 0. The van der Waals surface area contributed by atoms with Gasteiger partial charge in [0.1, 0.15) is 0 Å². The van der Waals surface area contributed by atoms with Crippen LogP contribution in [0.25, 0.3) is 0 Å². The summed E-state index contributed by atoms with van der Waals surface area (Å²) in [6.45, 7) is 4.17. The number of nitrogens with zero attached hydrogens (tertiary/aromatic N) is 2. The molecule has 6 nitrogen and oxygen atoms in total. The molecule has 21 heavy (non-hydrogen) atoms. The maximum Gasteiger partial charge on any atom is 0.317 e. The van der Waals surface area contributed by atoms with Crippen molar-refractivity contribution in [1.82, 2.24) is 15.1 Å². The first-order valence-electron chi connectivity index (χ1n) is 7.41. The van der Waals surface area contributed by atoms with Crippen molar-refractivity contribution in [2.24, 2.45) is 5.73 Å². The summed E-state index contributed by atoms with van der Waals surface area (Å²) in [5.41, 5.74) is 7.55. The Morgan fingerprint density at radius 3 is 2.81 bits per heavy atom. The highest BCUT2D eigenvalue weighted by Gasteiger charge is 2.35. The van der Waals surface area contributed by atoms with Gasteiger partial charge in [-0.1, -0.05) is 24.3 Å². The van der Waals surface area contributed by atoms with Crippen LogP contribution in [-0.4, -0.2) is 59.7 Å². The van der Waals surface area contributed by atoms with Crippen LogP contribution in [0.3, 0.4) is 0 Å². The van der Waals surface area contributed by atoms with Crippen molar-refractivity contribution < 1.29 is 9.90 Å². The monoisotopic (exact) mass is 290 g/mol. The number of fused-ring (bicyclic) bond motifs is 1. The van der Waals surface area contributed by atoms with Gasteiger partial charge in [-0.2, -0.15) is 0 Å². The van der Waals surface area contributed by atoms with Gasteiger partial charge in [0.15, 0.2) is 0 Å². The third-order valence-corrected chi connectivity index (χ3v) is 4.35. The average molecular weight is 290 g/mol.